The molecule has 2 heterocycles. The van der Waals surface area contributed by atoms with Gasteiger partial charge in [0.05, 0.1) is 0 Å². The van der Waals surface area contributed by atoms with Crippen molar-refractivity contribution in [1.29, 1.82) is 0 Å². The van der Waals surface area contributed by atoms with Crippen LogP contribution >= 0.6 is 0 Å². The summed E-state index contributed by atoms with van der Waals surface area (Å²) in [6, 6.07) is 5.63. The molecule has 0 aliphatic rings. The first-order chi connectivity index (χ1) is 7.88. The predicted molar refractivity (Wildman–Crippen MR) is 63.7 cm³/mol. The van der Waals surface area contributed by atoms with E-state index in [2.05, 4.69) is 25.6 Å². The lowest BCUT2D eigenvalue weighted by Crippen LogP contribution is -2.01. The minimum absolute atomic E-state index is 0.761. The molecule has 16 heavy (non-hydrogen) atoms. The SMILES string of the molecule is CCNc1cc(Nc2ccncc2)ncn1. The smallest absolute Gasteiger partial charge is 0.135 e. The number of nitrogens with zero attached hydrogens (tertiary/aromatic N) is 3. The largest absolute Gasteiger partial charge is 0.370 e. The van der Waals surface area contributed by atoms with Crippen LogP contribution in [-0.2, 0) is 0 Å². The molecule has 2 aromatic heterocycles. The van der Waals surface area contributed by atoms with E-state index in [1.807, 2.05) is 25.1 Å². The van der Waals surface area contributed by atoms with Gasteiger partial charge in [-0.3, -0.25) is 4.98 Å². The molecule has 0 bridgehead atoms. The Morgan fingerprint density at radius 2 is 1.88 bits per heavy atom. The van der Waals surface area contributed by atoms with Gasteiger partial charge >= 0.3 is 0 Å². The van der Waals surface area contributed by atoms with Crippen LogP contribution in [0.4, 0.5) is 17.3 Å². The number of nitrogens with one attached hydrogen (secondary N) is 2. The Balaban J connectivity index is 2.12. The van der Waals surface area contributed by atoms with E-state index in [0.717, 1.165) is 23.9 Å². The lowest BCUT2D eigenvalue weighted by molar-refractivity contribution is 1.11. The van der Waals surface area contributed by atoms with Gasteiger partial charge < -0.3 is 10.6 Å². The van der Waals surface area contributed by atoms with Gasteiger partial charge in [0.25, 0.3) is 0 Å². The van der Waals surface area contributed by atoms with E-state index in [-0.39, 0.29) is 0 Å². The molecule has 0 aromatic carbocycles. The Kier molecular flexibility index (Phi) is 3.28. The molecule has 0 radical (unpaired) electrons. The monoisotopic (exact) mass is 215 g/mol. The van der Waals surface area contributed by atoms with Crippen molar-refractivity contribution in [3.8, 4) is 0 Å². The standard InChI is InChI=1S/C11H13N5/c1-2-13-10-7-11(15-8-14-10)16-9-3-5-12-6-4-9/h3-8H,2H2,1H3,(H2,12,13,14,15,16). The summed E-state index contributed by atoms with van der Waals surface area (Å²) in [5, 5.41) is 6.30. The predicted octanol–water partition coefficient (Wildman–Crippen LogP) is 2.05. The van der Waals surface area contributed by atoms with Gasteiger partial charge in [-0.1, -0.05) is 0 Å². The fourth-order valence-corrected chi connectivity index (χ4v) is 1.29. The van der Waals surface area contributed by atoms with E-state index in [0.29, 0.717) is 0 Å². The Morgan fingerprint density at radius 1 is 1.12 bits per heavy atom. The molecule has 0 spiro atoms. The van der Waals surface area contributed by atoms with Crippen molar-refractivity contribution in [2.45, 2.75) is 6.92 Å². The van der Waals surface area contributed by atoms with Crippen LogP contribution in [0.2, 0.25) is 0 Å². The quantitative estimate of drug-likeness (QED) is 0.817. The molecule has 0 aliphatic heterocycles. The van der Waals surface area contributed by atoms with Gasteiger partial charge in [-0.15, -0.1) is 0 Å². The maximum absolute atomic E-state index is 4.13. The van der Waals surface area contributed by atoms with Crippen molar-refractivity contribution < 1.29 is 0 Å². The molecule has 2 rings (SSSR count). The highest BCUT2D eigenvalue weighted by molar-refractivity contribution is 5.57. The summed E-state index contributed by atoms with van der Waals surface area (Å²) in [5.74, 6) is 1.58. The first kappa shape index (κ1) is 10.4. The van der Waals surface area contributed by atoms with Crippen LogP contribution in [-0.4, -0.2) is 21.5 Å². The van der Waals surface area contributed by atoms with Crippen LogP contribution in [0.5, 0.6) is 0 Å². The van der Waals surface area contributed by atoms with Crippen molar-refractivity contribution in [3.63, 3.8) is 0 Å². The van der Waals surface area contributed by atoms with Crippen molar-refractivity contribution in [3.05, 3.63) is 36.9 Å². The Hall–Kier alpha value is -2.17. The van der Waals surface area contributed by atoms with Crippen LogP contribution in [0.3, 0.4) is 0 Å². The van der Waals surface area contributed by atoms with Crippen LogP contribution in [0.15, 0.2) is 36.9 Å². The highest BCUT2D eigenvalue weighted by atomic mass is 15.1. The van der Waals surface area contributed by atoms with Crippen molar-refractivity contribution in [1.82, 2.24) is 15.0 Å². The third-order valence-corrected chi connectivity index (χ3v) is 1.98. The third-order valence-electron chi connectivity index (χ3n) is 1.98. The molecule has 0 unspecified atom stereocenters. The summed E-state index contributed by atoms with van der Waals surface area (Å²) in [6.45, 7) is 2.86. The lowest BCUT2D eigenvalue weighted by atomic mass is 10.4. The van der Waals surface area contributed by atoms with Crippen LogP contribution in [0, 0.1) is 0 Å². The number of anilines is 3. The second kappa shape index (κ2) is 5.06. The maximum Gasteiger partial charge on any atom is 0.135 e. The molecular weight excluding hydrogens is 202 g/mol. The van der Waals surface area contributed by atoms with E-state index < -0.39 is 0 Å². The van der Waals surface area contributed by atoms with Crippen LogP contribution < -0.4 is 10.6 Å². The molecule has 2 N–H and O–H groups in total. The summed E-state index contributed by atoms with van der Waals surface area (Å²) in [4.78, 5) is 12.2. The minimum atomic E-state index is 0.761. The number of rotatable bonds is 4. The molecule has 5 nitrogen and oxygen atoms in total. The number of pyridine rings is 1. The summed E-state index contributed by atoms with van der Waals surface area (Å²) >= 11 is 0. The van der Waals surface area contributed by atoms with Gasteiger partial charge in [0, 0.05) is 30.7 Å². The molecule has 2 aromatic rings. The second-order valence-electron chi connectivity index (χ2n) is 3.18. The highest BCUT2D eigenvalue weighted by Gasteiger charge is 1.97. The molecule has 0 saturated heterocycles. The molecule has 0 amide bonds. The molecule has 0 aliphatic carbocycles. The zero-order valence-corrected chi connectivity index (χ0v) is 9.01. The fraction of sp³-hybridized carbons (Fsp3) is 0.182. The molecular formula is C11H13N5. The van der Waals surface area contributed by atoms with Crippen molar-refractivity contribution in [2.24, 2.45) is 0 Å². The van der Waals surface area contributed by atoms with Gasteiger partial charge in [0.15, 0.2) is 0 Å². The normalized spacial score (nSPS) is 9.81. The Morgan fingerprint density at radius 3 is 2.62 bits per heavy atom. The van der Waals surface area contributed by atoms with E-state index in [1.165, 1.54) is 6.33 Å². The number of hydrogen-bond donors (Lipinski definition) is 2. The summed E-state index contributed by atoms with van der Waals surface area (Å²) in [7, 11) is 0. The Bertz CT molecular complexity index is 443. The first-order valence-electron chi connectivity index (χ1n) is 5.11. The summed E-state index contributed by atoms with van der Waals surface area (Å²) in [6.07, 6.45) is 4.99. The summed E-state index contributed by atoms with van der Waals surface area (Å²) < 4.78 is 0. The topological polar surface area (TPSA) is 62.7 Å². The van der Waals surface area contributed by atoms with Crippen LogP contribution in [0.1, 0.15) is 6.92 Å². The van der Waals surface area contributed by atoms with Crippen LogP contribution in [0.25, 0.3) is 0 Å². The highest BCUT2D eigenvalue weighted by Crippen LogP contribution is 2.14. The maximum atomic E-state index is 4.13. The zero-order chi connectivity index (χ0) is 11.2. The van der Waals surface area contributed by atoms with E-state index >= 15 is 0 Å². The average Bonchev–Trinajstić information content (AvgIpc) is 2.31. The first-order valence-corrected chi connectivity index (χ1v) is 5.11. The average molecular weight is 215 g/mol. The third kappa shape index (κ3) is 2.66. The van der Waals surface area contributed by atoms with Gasteiger partial charge in [0.1, 0.15) is 18.0 Å². The van der Waals surface area contributed by atoms with E-state index in [4.69, 9.17) is 0 Å². The molecule has 82 valence electrons. The molecule has 0 atom stereocenters. The van der Waals surface area contributed by atoms with E-state index in [1.54, 1.807) is 12.4 Å². The second-order valence-corrected chi connectivity index (χ2v) is 3.18. The molecule has 0 saturated carbocycles. The van der Waals surface area contributed by atoms with Gasteiger partial charge in [-0.05, 0) is 19.1 Å². The van der Waals surface area contributed by atoms with Gasteiger partial charge in [-0.25, -0.2) is 9.97 Å². The minimum Gasteiger partial charge on any atom is -0.370 e. The lowest BCUT2D eigenvalue weighted by Gasteiger charge is -2.06. The zero-order valence-electron chi connectivity index (χ0n) is 9.01. The van der Waals surface area contributed by atoms with Gasteiger partial charge in [-0.2, -0.15) is 0 Å². The van der Waals surface area contributed by atoms with Gasteiger partial charge in [0.2, 0.25) is 0 Å². The van der Waals surface area contributed by atoms with Crippen molar-refractivity contribution in [2.75, 3.05) is 17.2 Å². The Labute approximate surface area is 94.0 Å². The number of hydrogen-bond acceptors (Lipinski definition) is 5. The van der Waals surface area contributed by atoms with Crippen molar-refractivity contribution >= 4 is 17.3 Å². The molecule has 0 fully saturated rings. The summed E-state index contributed by atoms with van der Waals surface area (Å²) in [5.41, 5.74) is 0.955. The van der Waals surface area contributed by atoms with E-state index in [9.17, 15) is 0 Å². The molecule has 5 heteroatoms. The number of aromatic nitrogens is 3. The fourth-order valence-electron chi connectivity index (χ4n) is 1.29.